The number of carbonyl (C=O) groups is 1. The Balaban J connectivity index is 1.77. The molecule has 2 aromatic rings. The number of hydrogen-bond acceptors (Lipinski definition) is 3. The molecule has 2 N–H and O–H groups in total. The molecule has 1 amide bonds. The van der Waals surface area contributed by atoms with E-state index in [1.165, 1.54) is 18.2 Å². The molecule has 3 rings (SSSR count). The molecule has 0 fully saturated rings. The molecule has 150 valence electrons. The number of benzene rings is 2. The lowest BCUT2D eigenvalue weighted by Crippen LogP contribution is -2.37. The van der Waals surface area contributed by atoms with Crippen molar-refractivity contribution in [2.24, 2.45) is 0 Å². The number of hydrogen-bond donors (Lipinski definition) is 2. The summed E-state index contributed by atoms with van der Waals surface area (Å²) in [5.74, 6) is -0.632. The van der Waals surface area contributed by atoms with Crippen LogP contribution in [0.5, 0.6) is 0 Å². The van der Waals surface area contributed by atoms with Gasteiger partial charge >= 0.3 is 6.18 Å². The summed E-state index contributed by atoms with van der Waals surface area (Å²) in [5, 5.41) is 13.6. The minimum absolute atomic E-state index is 0.225. The second-order valence-electron chi connectivity index (χ2n) is 6.68. The third-order valence-corrected chi connectivity index (χ3v) is 5.22. The number of aliphatic hydroxyl groups is 1. The Morgan fingerprint density at radius 2 is 1.96 bits per heavy atom. The van der Waals surface area contributed by atoms with Gasteiger partial charge in [-0.3, -0.25) is 9.69 Å². The molecule has 0 aliphatic heterocycles. The predicted molar refractivity (Wildman–Crippen MR) is 102 cm³/mol. The molecule has 9 heteroatoms. The second-order valence-corrected chi connectivity index (χ2v) is 7.52. The van der Waals surface area contributed by atoms with E-state index in [9.17, 15) is 23.1 Å². The maximum atomic E-state index is 13.1. The van der Waals surface area contributed by atoms with Gasteiger partial charge in [0.05, 0.1) is 29.9 Å². The monoisotopic (exact) mass is 432 g/mol. The first-order valence-corrected chi connectivity index (χ1v) is 9.15. The zero-order chi connectivity index (χ0) is 20.6. The maximum Gasteiger partial charge on any atom is 0.418 e. The van der Waals surface area contributed by atoms with Gasteiger partial charge in [0.25, 0.3) is 0 Å². The van der Waals surface area contributed by atoms with Crippen molar-refractivity contribution in [3.63, 3.8) is 0 Å². The van der Waals surface area contributed by atoms with Gasteiger partial charge < -0.3 is 10.4 Å². The fourth-order valence-electron chi connectivity index (χ4n) is 3.52. The summed E-state index contributed by atoms with van der Waals surface area (Å²) in [6, 6.07) is 7.48. The van der Waals surface area contributed by atoms with Crippen molar-refractivity contribution in [3.05, 3.63) is 63.1 Å². The minimum Gasteiger partial charge on any atom is -0.391 e. The van der Waals surface area contributed by atoms with E-state index in [0.29, 0.717) is 22.0 Å². The number of halogens is 5. The summed E-state index contributed by atoms with van der Waals surface area (Å²) in [7, 11) is 1.60. The Morgan fingerprint density at radius 3 is 2.64 bits per heavy atom. The summed E-state index contributed by atoms with van der Waals surface area (Å²) in [4.78, 5) is 13.9. The van der Waals surface area contributed by atoms with E-state index in [0.717, 1.165) is 11.6 Å². The number of amides is 1. The number of aliphatic hydroxyl groups excluding tert-OH is 1. The topological polar surface area (TPSA) is 52.6 Å². The van der Waals surface area contributed by atoms with Crippen molar-refractivity contribution in [2.75, 3.05) is 18.9 Å². The van der Waals surface area contributed by atoms with Crippen LogP contribution >= 0.6 is 23.2 Å². The molecule has 1 aliphatic rings. The molecule has 0 saturated carbocycles. The molecule has 2 unspecified atom stereocenters. The van der Waals surface area contributed by atoms with E-state index in [2.05, 4.69) is 5.32 Å². The van der Waals surface area contributed by atoms with Crippen molar-refractivity contribution in [1.82, 2.24) is 4.90 Å². The van der Waals surface area contributed by atoms with Crippen molar-refractivity contribution in [1.29, 1.82) is 0 Å². The summed E-state index contributed by atoms with van der Waals surface area (Å²) in [6.07, 6.45) is -5.09. The average molecular weight is 433 g/mol. The van der Waals surface area contributed by atoms with Crippen LogP contribution in [0, 0.1) is 0 Å². The number of likely N-dealkylation sites (N-methyl/N-ethyl adjacent to an activating group) is 1. The standard InChI is InChI=1S/C19H17Cl2F3N2O2/c1-26(18-12-6-10(20)7-14(21)11(12)8-16(18)27)9-17(28)25-15-5-3-2-4-13(15)19(22,23)24/h2-7,16,18,27H,8-9H2,1H3,(H,25,28). The Bertz CT molecular complexity index is 905. The van der Waals surface area contributed by atoms with Crippen LogP contribution in [0.2, 0.25) is 10.0 Å². The number of para-hydroxylation sites is 1. The number of anilines is 1. The fraction of sp³-hybridized carbons (Fsp3) is 0.316. The van der Waals surface area contributed by atoms with Gasteiger partial charge in [0.2, 0.25) is 5.91 Å². The quantitative estimate of drug-likeness (QED) is 0.745. The van der Waals surface area contributed by atoms with Crippen LogP contribution in [-0.2, 0) is 17.4 Å². The smallest absolute Gasteiger partial charge is 0.391 e. The summed E-state index contributed by atoms with van der Waals surface area (Å²) in [5.41, 5.74) is 0.219. The lowest BCUT2D eigenvalue weighted by atomic mass is 10.1. The minimum atomic E-state index is -4.58. The highest BCUT2D eigenvalue weighted by atomic mass is 35.5. The van der Waals surface area contributed by atoms with Crippen LogP contribution < -0.4 is 5.32 Å². The highest BCUT2D eigenvalue weighted by Gasteiger charge is 2.37. The van der Waals surface area contributed by atoms with E-state index < -0.39 is 29.8 Å². The van der Waals surface area contributed by atoms with Gasteiger partial charge in [-0.15, -0.1) is 0 Å². The van der Waals surface area contributed by atoms with Crippen molar-refractivity contribution in [2.45, 2.75) is 24.7 Å². The summed E-state index contributed by atoms with van der Waals surface area (Å²) >= 11 is 12.2. The highest BCUT2D eigenvalue weighted by Crippen LogP contribution is 2.41. The summed E-state index contributed by atoms with van der Waals surface area (Å²) < 4.78 is 39.2. The largest absolute Gasteiger partial charge is 0.418 e. The van der Waals surface area contributed by atoms with Gasteiger partial charge in [0.1, 0.15) is 0 Å². The average Bonchev–Trinajstić information content (AvgIpc) is 2.90. The van der Waals surface area contributed by atoms with Crippen molar-refractivity contribution >= 4 is 34.8 Å². The van der Waals surface area contributed by atoms with E-state index in [1.54, 1.807) is 24.1 Å². The number of fused-ring (bicyclic) bond motifs is 1. The van der Waals surface area contributed by atoms with Crippen LogP contribution in [0.4, 0.5) is 18.9 Å². The third-order valence-electron chi connectivity index (χ3n) is 4.67. The van der Waals surface area contributed by atoms with Gasteiger partial charge in [0, 0.05) is 16.5 Å². The van der Waals surface area contributed by atoms with Gasteiger partial charge in [-0.2, -0.15) is 13.2 Å². The number of carbonyl (C=O) groups excluding carboxylic acids is 1. The maximum absolute atomic E-state index is 13.1. The molecule has 28 heavy (non-hydrogen) atoms. The number of rotatable bonds is 4. The molecular weight excluding hydrogens is 416 g/mol. The van der Waals surface area contributed by atoms with Gasteiger partial charge in [0.15, 0.2) is 0 Å². The number of nitrogens with zero attached hydrogens (tertiary/aromatic N) is 1. The lowest BCUT2D eigenvalue weighted by molar-refractivity contribution is -0.137. The van der Waals surface area contributed by atoms with Crippen molar-refractivity contribution in [3.8, 4) is 0 Å². The first-order chi connectivity index (χ1) is 13.1. The van der Waals surface area contributed by atoms with Crippen LogP contribution in [0.25, 0.3) is 0 Å². The number of nitrogens with one attached hydrogen (secondary N) is 1. The molecule has 0 spiro atoms. The Kier molecular flexibility index (Phi) is 5.91. The highest BCUT2D eigenvalue weighted by molar-refractivity contribution is 6.35. The Hall–Kier alpha value is -1.80. The SMILES string of the molecule is CN(CC(=O)Nc1ccccc1C(F)(F)F)C1c2cc(Cl)cc(Cl)c2CC1O. The van der Waals surface area contributed by atoms with E-state index in [1.807, 2.05) is 0 Å². The molecule has 2 aromatic carbocycles. The molecule has 1 aliphatic carbocycles. The van der Waals surface area contributed by atoms with Gasteiger partial charge in [-0.25, -0.2) is 0 Å². The van der Waals surface area contributed by atoms with E-state index in [4.69, 9.17) is 23.2 Å². The van der Waals surface area contributed by atoms with E-state index >= 15 is 0 Å². The van der Waals surface area contributed by atoms with Crippen LogP contribution in [0.1, 0.15) is 22.7 Å². The first-order valence-electron chi connectivity index (χ1n) is 8.40. The molecule has 0 heterocycles. The predicted octanol–water partition coefficient (Wildman–Crippen LogP) is 4.54. The zero-order valence-electron chi connectivity index (χ0n) is 14.7. The molecule has 0 aromatic heterocycles. The van der Waals surface area contributed by atoms with Crippen LogP contribution in [0.15, 0.2) is 36.4 Å². The van der Waals surface area contributed by atoms with E-state index in [-0.39, 0.29) is 12.2 Å². The molecule has 0 radical (unpaired) electrons. The molecule has 4 nitrogen and oxygen atoms in total. The third kappa shape index (κ3) is 4.27. The van der Waals surface area contributed by atoms with Crippen LogP contribution in [-0.4, -0.2) is 35.6 Å². The fourth-order valence-corrected chi connectivity index (χ4v) is 4.10. The van der Waals surface area contributed by atoms with Gasteiger partial charge in [-0.05, 0) is 42.4 Å². The molecule has 0 saturated heterocycles. The zero-order valence-corrected chi connectivity index (χ0v) is 16.2. The summed E-state index contributed by atoms with van der Waals surface area (Å²) in [6.45, 7) is -0.225. The van der Waals surface area contributed by atoms with Gasteiger partial charge in [-0.1, -0.05) is 35.3 Å². The number of alkyl halides is 3. The lowest BCUT2D eigenvalue weighted by Gasteiger charge is -2.27. The first kappa shape index (κ1) is 20.9. The van der Waals surface area contributed by atoms with Crippen molar-refractivity contribution < 1.29 is 23.1 Å². The second kappa shape index (κ2) is 7.91. The molecular formula is C19H17Cl2F3N2O2. The normalized spacial score (nSPS) is 19.0. The Labute approximate surface area is 169 Å². The Morgan fingerprint density at radius 1 is 1.29 bits per heavy atom. The molecule has 0 bridgehead atoms. The molecule has 2 atom stereocenters. The van der Waals surface area contributed by atoms with Crippen LogP contribution in [0.3, 0.4) is 0 Å².